The molecule has 2 aromatic rings. The first-order chi connectivity index (χ1) is 11.7. The van der Waals surface area contributed by atoms with Crippen molar-refractivity contribution in [1.29, 1.82) is 0 Å². The van der Waals surface area contributed by atoms with E-state index < -0.39 is 11.7 Å². The number of halogens is 2. The molecule has 25 heavy (non-hydrogen) atoms. The Morgan fingerprint density at radius 1 is 1.40 bits per heavy atom. The van der Waals surface area contributed by atoms with Crippen molar-refractivity contribution in [3.63, 3.8) is 0 Å². The quantitative estimate of drug-likeness (QED) is 0.665. The number of rotatable bonds is 3. The van der Waals surface area contributed by atoms with Gasteiger partial charge in [-0.1, -0.05) is 36.7 Å². The van der Waals surface area contributed by atoms with Gasteiger partial charge in [0.25, 0.3) is 5.91 Å². The van der Waals surface area contributed by atoms with Crippen LogP contribution in [0.15, 0.2) is 27.7 Å². The highest BCUT2D eigenvalue weighted by Crippen LogP contribution is 2.33. The Balaban J connectivity index is 2.07. The van der Waals surface area contributed by atoms with Gasteiger partial charge in [0.1, 0.15) is 5.82 Å². The fourth-order valence-electron chi connectivity index (χ4n) is 2.85. The third-order valence-electron chi connectivity index (χ3n) is 4.34. The van der Waals surface area contributed by atoms with E-state index >= 15 is 0 Å². The predicted molar refractivity (Wildman–Crippen MR) is 102 cm³/mol. The molecule has 1 aliphatic carbocycles. The second kappa shape index (κ2) is 6.80. The van der Waals surface area contributed by atoms with E-state index in [2.05, 4.69) is 53.2 Å². The predicted octanol–water partition coefficient (Wildman–Crippen LogP) is 5.21. The highest BCUT2D eigenvalue weighted by molar-refractivity contribution is 9.10. The lowest BCUT2D eigenvalue weighted by Gasteiger charge is -2.17. The topological polar surface area (TPSA) is 34.4 Å². The molecule has 0 radical (unpaired) electrons. The van der Waals surface area contributed by atoms with E-state index in [1.54, 1.807) is 6.07 Å². The van der Waals surface area contributed by atoms with Gasteiger partial charge in [-0.15, -0.1) is 11.3 Å². The highest BCUT2D eigenvalue weighted by atomic mass is 79.9. The molecule has 6 heteroatoms. The molecular formula is C19H22BrFN2OS. The third kappa shape index (κ3) is 4.11. The molecule has 1 fully saturated rings. The van der Waals surface area contributed by atoms with Crippen LogP contribution in [0, 0.1) is 18.7 Å². The molecule has 1 saturated carbocycles. The van der Waals surface area contributed by atoms with Crippen LogP contribution >= 0.6 is 27.3 Å². The summed E-state index contributed by atoms with van der Waals surface area (Å²) in [6.45, 7) is 9.45. The van der Waals surface area contributed by atoms with Crippen LogP contribution in [0.2, 0.25) is 0 Å². The maximum Gasteiger partial charge on any atom is 0.282 e. The molecule has 0 unspecified atom stereocenters. The first-order valence-electron chi connectivity index (χ1n) is 8.41. The highest BCUT2D eigenvalue weighted by Gasteiger charge is 2.27. The van der Waals surface area contributed by atoms with Crippen LogP contribution in [0.25, 0.3) is 0 Å². The molecule has 0 spiro atoms. The zero-order valence-electron chi connectivity index (χ0n) is 14.9. The molecule has 1 heterocycles. The average molecular weight is 425 g/mol. The van der Waals surface area contributed by atoms with Gasteiger partial charge in [-0.2, -0.15) is 4.99 Å². The number of amides is 1. The van der Waals surface area contributed by atoms with Crippen LogP contribution in [0.4, 0.5) is 4.39 Å². The Hall–Kier alpha value is -1.27. The van der Waals surface area contributed by atoms with Crippen LogP contribution in [-0.2, 0) is 12.0 Å². The number of aromatic nitrogens is 1. The van der Waals surface area contributed by atoms with Crippen molar-refractivity contribution in [2.24, 2.45) is 10.9 Å². The van der Waals surface area contributed by atoms with Gasteiger partial charge in [0.2, 0.25) is 0 Å². The lowest BCUT2D eigenvalue weighted by atomic mass is 9.93. The van der Waals surface area contributed by atoms with Gasteiger partial charge in [-0.05, 0) is 49.3 Å². The average Bonchev–Trinajstić information content (AvgIpc) is 3.25. The Morgan fingerprint density at radius 3 is 2.64 bits per heavy atom. The van der Waals surface area contributed by atoms with Gasteiger partial charge in [0.15, 0.2) is 4.80 Å². The van der Waals surface area contributed by atoms with Crippen LogP contribution in [0.5, 0.6) is 0 Å². The molecule has 0 aliphatic heterocycles. The van der Waals surface area contributed by atoms with E-state index in [1.807, 2.05) is 0 Å². The van der Waals surface area contributed by atoms with E-state index in [0.717, 1.165) is 12.2 Å². The summed E-state index contributed by atoms with van der Waals surface area (Å²) in [7, 11) is 0. The van der Waals surface area contributed by atoms with E-state index in [9.17, 15) is 9.18 Å². The first kappa shape index (κ1) is 18.5. The lowest BCUT2D eigenvalue weighted by Crippen LogP contribution is -2.20. The van der Waals surface area contributed by atoms with Crippen molar-refractivity contribution in [3.8, 4) is 0 Å². The first-order valence-corrected chi connectivity index (χ1v) is 10.0. The summed E-state index contributed by atoms with van der Waals surface area (Å²) in [5.74, 6) is -0.419. The van der Waals surface area contributed by atoms with Crippen LogP contribution in [0.1, 0.15) is 54.5 Å². The Morgan fingerprint density at radius 2 is 2.08 bits per heavy atom. The van der Waals surface area contributed by atoms with Gasteiger partial charge in [0, 0.05) is 21.6 Å². The maximum atomic E-state index is 14.1. The number of nitrogens with zero attached hydrogens (tertiary/aromatic N) is 2. The largest absolute Gasteiger partial charge is 0.320 e. The second-order valence-electron chi connectivity index (χ2n) is 7.64. The van der Waals surface area contributed by atoms with Crippen LogP contribution in [0.3, 0.4) is 0 Å². The number of hydrogen-bond donors (Lipinski definition) is 0. The summed E-state index contributed by atoms with van der Waals surface area (Å²) in [4.78, 5) is 18.7. The van der Waals surface area contributed by atoms with E-state index in [0.29, 0.717) is 15.2 Å². The summed E-state index contributed by atoms with van der Waals surface area (Å²) >= 11 is 4.75. The van der Waals surface area contributed by atoms with Crippen molar-refractivity contribution in [2.75, 3.05) is 0 Å². The van der Waals surface area contributed by atoms with Gasteiger partial charge < -0.3 is 4.57 Å². The molecule has 1 aromatic carbocycles. The molecule has 0 saturated heterocycles. The van der Waals surface area contributed by atoms with E-state index in [-0.39, 0.29) is 11.0 Å². The fraction of sp³-hybridized carbons (Fsp3) is 0.474. The third-order valence-corrected chi connectivity index (χ3v) is 6.43. The summed E-state index contributed by atoms with van der Waals surface area (Å²) in [5, 5.41) is 0. The lowest BCUT2D eigenvalue weighted by molar-refractivity contribution is 0.0994. The summed E-state index contributed by atoms with van der Waals surface area (Å²) in [6, 6.07) is 4.42. The number of hydrogen-bond acceptors (Lipinski definition) is 2. The summed E-state index contributed by atoms with van der Waals surface area (Å²) < 4.78 is 16.8. The van der Waals surface area contributed by atoms with Crippen molar-refractivity contribution < 1.29 is 9.18 Å². The zero-order valence-corrected chi connectivity index (χ0v) is 17.3. The molecule has 1 aliphatic rings. The minimum Gasteiger partial charge on any atom is -0.320 e. The number of thiazole rings is 1. The monoisotopic (exact) mass is 424 g/mol. The van der Waals surface area contributed by atoms with Crippen molar-refractivity contribution in [2.45, 2.75) is 52.5 Å². The van der Waals surface area contributed by atoms with Gasteiger partial charge in [-0.25, -0.2) is 4.39 Å². The van der Waals surface area contributed by atoms with Gasteiger partial charge in [-0.3, -0.25) is 4.79 Å². The molecule has 0 N–H and O–H groups in total. The number of benzene rings is 1. The van der Waals surface area contributed by atoms with Gasteiger partial charge >= 0.3 is 0 Å². The van der Waals surface area contributed by atoms with Crippen LogP contribution < -0.4 is 4.80 Å². The normalized spacial score (nSPS) is 15.7. The number of carbonyl (C=O) groups excluding carboxylic acids is 1. The minimum absolute atomic E-state index is 0.00420. The van der Waals surface area contributed by atoms with Crippen molar-refractivity contribution in [3.05, 3.63) is 49.4 Å². The molecule has 3 nitrogen and oxygen atoms in total. The zero-order chi connectivity index (χ0) is 18.4. The maximum absolute atomic E-state index is 14.1. The molecule has 1 amide bonds. The molecule has 1 aromatic heterocycles. The second-order valence-corrected chi connectivity index (χ2v) is 9.54. The number of carbonyl (C=O) groups is 1. The molecule has 0 atom stereocenters. The summed E-state index contributed by atoms with van der Waals surface area (Å²) in [6.07, 6.45) is 2.45. The van der Waals surface area contributed by atoms with Gasteiger partial charge in [0.05, 0.1) is 5.56 Å². The minimum atomic E-state index is -0.554. The SMILES string of the molecule is Cc1c(C(C)(C)C)sc(=NC(=O)c2ccc(Br)cc2F)n1CC1CC1. The Labute approximate surface area is 159 Å². The van der Waals surface area contributed by atoms with Crippen LogP contribution in [-0.4, -0.2) is 10.5 Å². The molecule has 3 rings (SSSR count). The molecular weight excluding hydrogens is 403 g/mol. The Kier molecular flexibility index (Phi) is 5.04. The Bertz CT molecular complexity index is 888. The van der Waals surface area contributed by atoms with E-state index in [1.165, 1.54) is 41.2 Å². The van der Waals surface area contributed by atoms with Crippen molar-refractivity contribution >= 4 is 33.2 Å². The van der Waals surface area contributed by atoms with Crippen molar-refractivity contribution in [1.82, 2.24) is 4.57 Å². The molecule has 134 valence electrons. The standard InChI is InChI=1S/C19H22BrFN2OS/c1-11-16(19(2,3)4)25-18(23(11)10-12-5-6-12)22-17(24)14-8-7-13(20)9-15(14)21/h7-9,12H,5-6,10H2,1-4H3. The fourth-order valence-corrected chi connectivity index (χ4v) is 4.38. The molecule has 0 bridgehead atoms. The summed E-state index contributed by atoms with van der Waals surface area (Å²) in [5.41, 5.74) is 1.15. The smallest absolute Gasteiger partial charge is 0.282 e. The van der Waals surface area contributed by atoms with E-state index in [4.69, 9.17) is 0 Å².